The number of benzene rings is 2. The molecule has 1 aromatic heterocycles. The van der Waals surface area contributed by atoms with Gasteiger partial charge in [0.2, 0.25) is 5.91 Å². The van der Waals surface area contributed by atoms with Crippen LogP contribution < -0.4 is 5.32 Å². The van der Waals surface area contributed by atoms with Crippen LogP contribution in [0.2, 0.25) is 0 Å². The van der Waals surface area contributed by atoms with E-state index in [0.717, 1.165) is 21.7 Å². The minimum absolute atomic E-state index is 0.110. The number of cyclic esters (lactones) is 1. The van der Waals surface area contributed by atoms with Crippen LogP contribution in [-0.2, 0) is 27.9 Å². The first-order chi connectivity index (χ1) is 15.4. The number of aromatic nitrogens is 2. The van der Waals surface area contributed by atoms with E-state index in [0.29, 0.717) is 11.3 Å². The van der Waals surface area contributed by atoms with Gasteiger partial charge in [-0.15, -0.1) is 0 Å². The average Bonchev–Trinajstić information content (AvgIpc) is 3.31. The minimum atomic E-state index is -0.659. The number of ether oxygens (including phenoxy) is 1. The molecule has 2 heterocycles. The number of aryl methyl sites for hydroxylation is 1. The number of carbonyl (C=O) groups is 3. The number of hydrogen-bond donors (Lipinski definition) is 1. The highest BCUT2D eigenvalue weighted by atomic mass is 19.1. The van der Waals surface area contributed by atoms with Crippen molar-refractivity contribution in [2.24, 2.45) is 7.05 Å². The molecule has 0 radical (unpaired) electrons. The number of carbonyl (C=O) groups excluding carboxylic acids is 3. The van der Waals surface area contributed by atoms with Gasteiger partial charge >= 0.3 is 6.09 Å². The van der Waals surface area contributed by atoms with Crippen LogP contribution in [0.15, 0.2) is 60.8 Å². The van der Waals surface area contributed by atoms with Crippen molar-refractivity contribution in [3.63, 3.8) is 0 Å². The summed E-state index contributed by atoms with van der Waals surface area (Å²) in [4.78, 5) is 36.5. The van der Waals surface area contributed by atoms with E-state index in [2.05, 4.69) is 15.2 Å². The number of amides is 3. The largest absolute Gasteiger partial charge is 0.439 e. The molecule has 1 aliphatic heterocycles. The van der Waals surface area contributed by atoms with Crippen molar-refractivity contribution in [3.05, 3.63) is 77.7 Å². The van der Waals surface area contributed by atoms with Gasteiger partial charge in [-0.05, 0) is 48.0 Å². The van der Waals surface area contributed by atoms with Gasteiger partial charge in [-0.2, -0.15) is 5.10 Å². The molecule has 32 heavy (non-hydrogen) atoms. The smallest absolute Gasteiger partial charge is 0.417 e. The monoisotopic (exact) mass is 434 g/mol. The van der Waals surface area contributed by atoms with E-state index >= 15 is 0 Å². The van der Waals surface area contributed by atoms with Crippen molar-refractivity contribution in [1.29, 1.82) is 0 Å². The Morgan fingerprint density at radius 2 is 1.88 bits per heavy atom. The summed E-state index contributed by atoms with van der Waals surface area (Å²) < 4.78 is 19.6. The molecule has 1 N–H and O–H groups in total. The zero-order chi connectivity index (χ0) is 22.7. The molecule has 0 unspecified atom stereocenters. The SMILES string of the molecule is Cn1ncc(C=CC(=O)Nc2ccc(CN3C(=O)COC3=O)cc2)c1-c1ccc(F)cc1. The lowest BCUT2D eigenvalue weighted by Gasteiger charge is -2.11. The molecule has 1 fully saturated rings. The highest BCUT2D eigenvalue weighted by Crippen LogP contribution is 2.24. The first-order valence-electron chi connectivity index (χ1n) is 9.74. The van der Waals surface area contributed by atoms with Gasteiger partial charge in [-0.1, -0.05) is 12.1 Å². The lowest BCUT2D eigenvalue weighted by Crippen LogP contribution is -2.28. The predicted octanol–water partition coefficient (Wildman–Crippen LogP) is 3.36. The summed E-state index contributed by atoms with van der Waals surface area (Å²) in [5.74, 6) is -1.05. The number of rotatable bonds is 6. The zero-order valence-corrected chi connectivity index (χ0v) is 17.1. The number of anilines is 1. The van der Waals surface area contributed by atoms with E-state index in [1.54, 1.807) is 60.4 Å². The van der Waals surface area contributed by atoms with Crippen molar-refractivity contribution < 1.29 is 23.5 Å². The molecule has 4 rings (SSSR count). The standard InChI is InChI=1S/C23H19FN4O4/c1-27-22(16-4-7-18(24)8-5-16)17(12-25-27)6-11-20(29)26-19-9-2-15(3-10-19)13-28-21(30)14-32-23(28)31/h2-12H,13-14H2,1H3,(H,26,29). The Morgan fingerprint density at radius 3 is 2.53 bits per heavy atom. The van der Waals surface area contributed by atoms with Crippen LogP contribution in [-0.4, -0.2) is 39.2 Å². The first kappa shape index (κ1) is 21.0. The first-order valence-corrected chi connectivity index (χ1v) is 9.74. The number of nitrogens with zero attached hydrogens (tertiary/aromatic N) is 3. The van der Waals surface area contributed by atoms with Gasteiger partial charge in [0.25, 0.3) is 5.91 Å². The Balaban J connectivity index is 1.40. The predicted molar refractivity (Wildman–Crippen MR) is 115 cm³/mol. The molecule has 0 spiro atoms. The lowest BCUT2D eigenvalue weighted by molar-refractivity contribution is -0.126. The molecular weight excluding hydrogens is 415 g/mol. The van der Waals surface area contributed by atoms with Gasteiger partial charge < -0.3 is 10.1 Å². The second-order valence-electron chi connectivity index (χ2n) is 7.13. The molecule has 162 valence electrons. The molecule has 0 bridgehead atoms. The average molecular weight is 434 g/mol. The quantitative estimate of drug-likeness (QED) is 0.601. The second kappa shape index (κ2) is 8.84. The third kappa shape index (κ3) is 4.56. The van der Waals surface area contributed by atoms with Gasteiger partial charge in [-0.3, -0.25) is 14.3 Å². The van der Waals surface area contributed by atoms with Crippen molar-refractivity contribution in [3.8, 4) is 11.3 Å². The van der Waals surface area contributed by atoms with Crippen LogP contribution in [0.3, 0.4) is 0 Å². The normalized spacial score (nSPS) is 13.6. The lowest BCUT2D eigenvalue weighted by atomic mass is 10.1. The molecule has 2 aromatic carbocycles. The van der Waals surface area contributed by atoms with E-state index in [1.165, 1.54) is 18.2 Å². The Morgan fingerprint density at radius 1 is 1.16 bits per heavy atom. The Hall–Kier alpha value is -4.27. The molecule has 1 aliphatic rings. The topological polar surface area (TPSA) is 93.5 Å². The zero-order valence-electron chi connectivity index (χ0n) is 17.1. The molecule has 0 aliphatic carbocycles. The molecule has 0 atom stereocenters. The van der Waals surface area contributed by atoms with E-state index in [4.69, 9.17) is 0 Å². The molecule has 9 heteroatoms. The Labute approximate surface area is 182 Å². The van der Waals surface area contributed by atoms with Gasteiger partial charge in [0.15, 0.2) is 6.61 Å². The highest BCUT2D eigenvalue weighted by molar-refractivity contribution is 6.02. The Bertz CT molecular complexity index is 1180. The minimum Gasteiger partial charge on any atom is -0.439 e. The van der Waals surface area contributed by atoms with Crippen molar-refractivity contribution in [2.75, 3.05) is 11.9 Å². The summed E-state index contributed by atoms with van der Waals surface area (Å²) in [5, 5.41) is 6.97. The summed E-state index contributed by atoms with van der Waals surface area (Å²) in [6, 6.07) is 12.8. The van der Waals surface area contributed by atoms with Crippen LogP contribution >= 0.6 is 0 Å². The molecule has 3 amide bonds. The molecule has 8 nitrogen and oxygen atoms in total. The van der Waals surface area contributed by atoms with Crippen LogP contribution in [0.25, 0.3) is 17.3 Å². The van der Waals surface area contributed by atoms with Gasteiger partial charge in [0.1, 0.15) is 5.82 Å². The summed E-state index contributed by atoms with van der Waals surface area (Å²) >= 11 is 0. The molecule has 3 aromatic rings. The fourth-order valence-corrected chi connectivity index (χ4v) is 3.30. The molecular formula is C23H19FN4O4. The maximum Gasteiger partial charge on any atom is 0.417 e. The van der Waals surface area contributed by atoms with Crippen LogP contribution in [0.5, 0.6) is 0 Å². The summed E-state index contributed by atoms with van der Waals surface area (Å²) in [6.45, 7) is -0.127. The van der Waals surface area contributed by atoms with Crippen molar-refractivity contribution in [2.45, 2.75) is 6.54 Å². The van der Waals surface area contributed by atoms with E-state index < -0.39 is 6.09 Å². The van der Waals surface area contributed by atoms with E-state index in [9.17, 15) is 18.8 Å². The van der Waals surface area contributed by atoms with Crippen LogP contribution in [0.1, 0.15) is 11.1 Å². The van der Waals surface area contributed by atoms with Gasteiger partial charge in [-0.25, -0.2) is 14.1 Å². The van der Waals surface area contributed by atoms with Crippen molar-refractivity contribution >= 4 is 29.7 Å². The number of hydrogen-bond acceptors (Lipinski definition) is 5. The maximum absolute atomic E-state index is 13.2. The van der Waals surface area contributed by atoms with Gasteiger partial charge in [0.05, 0.1) is 18.4 Å². The number of halogens is 1. The fourth-order valence-electron chi connectivity index (χ4n) is 3.30. The summed E-state index contributed by atoms with van der Waals surface area (Å²) in [6.07, 6.45) is 3.99. The van der Waals surface area contributed by atoms with Gasteiger partial charge in [0, 0.05) is 29.9 Å². The molecule has 0 saturated carbocycles. The highest BCUT2D eigenvalue weighted by Gasteiger charge is 2.30. The van der Waals surface area contributed by atoms with E-state index in [1.807, 2.05) is 0 Å². The molecule has 1 saturated heterocycles. The van der Waals surface area contributed by atoms with Crippen molar-refractivity contribution in [1.82, 2.24) is 14.7 Å². The number of imide groups is 1. The van der Waals surface area contributed by atoms with Crippen LogP contribution in [0, 0.1) is 5.82 Å². The summed E-state index contributed by atoms with van der Waals surface area (Å²) in [5.41, 5.74) is 3.54. The van der Waals surface area contributed by atoms with Crippen LogP contribution in [0.4, 0.5) is 14.9 Å². The Kier molecular flexibility index (Phi) is 5.80. The third-order valence-corrected chi connectivity index (χ3v) is 4.90. The van der Waals surface area contributed by atoms with E-state index in [-0.39, 0.29) is 30.8 Å². The number of nitrogens with one attached hydrogen (secondary N) is 1. The maximum atomic E-state index is 13.2. The second-order valence-corrected chi connectivity index (χ2v) is 7.13. The summed E-state index contributed by atoms with van der Waals surface area (Å²) in [7, 11) is 1.77. The fraction of sp³-hybridized carbons (Fsp3) is 0.130. The third-order valence-electron chi connectivity index (χ3n) is 4.90.